The summed E-state index contributed by atoms with van der Waals surface area (Å²) in [6.07, 6.45) is 2.55. The van der Waals surface area contributed by atoms with Gasteiger partial charge < -0.3 is 9.47 Å². The number of ether oxygens (including phenoxy) is 2. The smallest absolute Gasteiger partial charge is 0.127 e. The molecule has 2 fully saturated rings. The van der Waals surface area contributed by atoms with Crippen LogP contribution in [-0.4, -0.2) is 55.7 Å². The molecule has 0 aromatic heterocycles. The minimum Gasteiger partial charge on any atom is -0.496 e. The second-order valence-corrected chi connectivity index (χ2v) is 9.24. The van der Waals surface area contributed by atoms with Crippen LogP contribution in [0.4, 0.5) is 0 Å². The van der Waals surface area contributed by atoms with E-state index in [-0.39, 0.29) is 24.8 Å². The van der Waals surface area contributed by atoms with E-state index in [9.17, 15) is 0 Å². The summed E-state index contributed by atoms with van der Waals surface area (Å²) in [4.78, 5) is 5.41. The van der Waals surface area contributed by atoms with Crippen molar-refractivity contribution in [1.29, 1.82) is 0 Å². The highest BCUT2D eigenvalue weighted by Gasteiger charge is 2.42. The van der Waals surface area contributed by atoms with Gasteiger partial charge in [-0.2, -0.15) is 0 Å². The molecule has 2 atom stereocenters. The highest BCUT2D eigenvalue weighted by Crippen LogP contribution is 2.39. The highest BCUT2D eigenvalue weighted by atomic mass is 35.5. The van der Waals surface area contributed by atoms with Crippen molar-refractivity contribution in [2.45, 2.75) is 37.4 Å². The Hall–Kier alpha value is -2.24. The number of methoxy groups -OCH3 is 2. The van der Waals surface area contributed by atoms with Gasteiger partial charge in [-0.25, -0.2) is 0 Å². The first-order valence-electron chi connectivity index (χ1n) is 12.1. The monoisotopic (exact) mass is 514 g/mol. The van der Waals surface area contributed by atoms with Crippen molar-refractivity contribution in [3.05, 3.63) is 95.6 Å². The largest absolute Gasteiger partial charge is 0.496 e. The molecule has 0 N–H and O–H groups in total. The number of rotatable bonds is 7. The van der Waals surface area contributed by atoms with Gasteiger partial charge in [0.2, 0.25) is 0 Å². The summed E-state index contributed by atoms with van der Waals surface area (Å²) in [5.41, 5.74) is 3.94. The molecule has 5 rings (SSSR count). The zero-order chi connectivity index (χ0) is 22.6. The Morgan fingerprint density at radius 2 is 1.34 bits per heavy atom. The van der Waals surface area contributed by atoms with E-state index in [2.05, 4.69) is 70.5 Å². The van der Waals surface area contributed by atoms with Crippen molar-refractivity contribution in [3.63, 3.8) is 0 Å². The molecule has 188 valence electrons. The summed E-state index contributed by atoms with van der Waals surface area (Å²) in [5, 5.41) is 0. The average molecular weight is 516 g/mol. The first-order chi connectivity index (χ1) is 16.3. The Balaban J connectivity index is 0.00000171. The second kappa shape index (κ2) is 12.6. The molecule has 6 heteroatoms. The summed E-state index contributed by atoms with van der Waals surface area (Å²) in [7, 11) is 3.49. The van der Waals surface area contributed by atoms with Gasteiger partial charge in [-0.3, -0.25) is 9.80 Å². The van der Waals surface area contributed by atoms with E-state index in [0.29, 0.717) is 18.0 Å². The molecule has 35 heavy (non-hydrogen) atoms. The second-order valence-electron chi connectivity index (χ2n) is 9.24. The van der Waals surface area contributed by atoms with Crippen molar-refractivity contribution in [2.75, 3.05) is 33.9 Å². The minimum atomic E-state index is 0. The van der Waals surface area contributed by atoms with Gasteiger partial charge in [0.1, 0.15) is 11.5 Å². The molecule has 0 amide bonds. The maximum atomic E-state index is 5.71. The lowest BCUT2D eigenvalue weighted by atomic mass is 9.82. The van der Waals surface area contributed by atoms with Crippen LogP contribution in [-0.2, 0) is 6.54 Å². The molecule has 0 saturated carbocycles. The van der Waals surface area contributed by atoms with E-state index in [1.165, 1.54) is 30.5 Å². The summed E-state index contributed by atoms with van der Waals surface area (Å²) in [5.74, 6) is 2.15. The predicted octanol–water partition coefficient (Wildman–Crippen LogP) is 6.03. The molecule has 0 bridgehead atoms. The van der Waals surface area contributed by atoms with Gasteiger partial charge in [0, 0.05) is 37.6 Å². The predicted molar refractivity (Wildman–Crippen MR) is 148 cm³/mol. The molecule has 2 aliphatic heterocycles. The molecule has 3 aromatic carbocycles. The Bertz CT molecular complexity index is 989. The van der Waals surface area contributed by atoms with Gasteiger partial charge in [-0.1, -0.05) is 66.7 Å². The molecule has 0 radical (unpaired) electrons. The number of fused-ring (bicyclic) bond motifs is 1. The summed E-state index contributed by atoms with van der Waals surface area (Å²) >= 11 is 0. The molecular formula is C29H36Cl2N2O2. The Morgan fingerprint density at radius 3 is 1.89 bits per heavy atom. The van der Waals surface area contributed by atoms with Gasteiger partial charge in [0.05, 0.1) is 19.8 Å². The number of benzene rings is 3. The minimum absolute atomic E-state index is 0. The third kappa shape index (κ3) is 5.78. The van der Waals surface area contributed by atoms with Crippen LogP contribution in [0.5, 0.6) is 11.5 Å². The average Bonchev–Trinajstić information content (AvgIpc) is 3.34. The van der Waals surface area contributed by atoms with Crippen LogP contribution in [0, 0.1) is 0 Å². The third-order valence-corrected chi connectivity index (χ3v) is 7.38. The van der Waals surface area contributed by atoms with Crippen LogP contribution in [0.2, 0.25) is 0 Å². The molecule has 2 aliphatic rings. The molecular weight excluding hydrogens is 479 g/mol. The first-order valence-corrected chi connectivity index (χ1v) is 12.1. The van der Waals surface area contributed by atoms with Gasteiger partial charge in [-0.15, -0.1) is 24.8 Å². The SMILES string of the molecule is COc1cccc(OC)c1CN1CC(C(c2ccccc2)c2ccccc2)N2CCC[C@H]2C1.Cl.Cl. The zero-order valence-corrected chi connectivity index (χ0v) is 22.1. The maximum Gasteiger partial charge on any atom is 0.127 e. The van der Waals surface area contributed by atoms with Crippen LogP contribution in [0.1, 0.15) is 35.4 Å². The first kappa shape index (κ1) is 27.3. The van der Waals surface area contributed by atoms with Crippen molar-refractivity contribution in [3.8, 4) is 11.5 Å². The Kier molecular flexibility index (Phi) is 9.88. The van der Waals surface area contributed by atoms with E-state index >= 15 is 0 Å². The van der Waals surface area contributed by atoms with Crippen molar-refractivity contribution in [1.82, 2.24) is 9.80 Å². The van der Waals surface area contributed by atoms with Crippen LogP contribution in [0.3, 0.4) is 0 Å². The molecule has 2 saturated heterocycles. The number of piperazine rings is 1. The fourth-order valence-electron chi connectivity index (χ4n) is 5.92. The number of hydrogen-bond donors (Lipinski definition) is 0. The van der Waals surface area contributed by atoms with Crippen LogP contribution < -0.4 is 9.47 Å². The Morgan fingerprint density at radius 1 is 0.771 bits per heavy atom. The maximum absolute atomic E-state index is 5.71. The van der Waals surface area contributed by atoms with Gasteiger partial charge in [0.15, 0.2) is 0 Å². The fourth-order valence-corrected chi connectivity index (χ4v) is 5.92. The lowest BCUT2D eigenvalue weighted by Crippen LogP contribution is -2.57. The molecule has 1 unspecified atom stereocenters. The molecule has 4 nitrogen and oxygen atoms in total. The lowest BCUT2D eigenvalue weighted by Gasteiger charge is -2.47. The molecule has 3 aromatic rings. The molecule has 2 heterocycles. The topological polar surface area (TPSA) is 24.9 Å². The van der Waals surface area contributed by atoms with Crippen molar-refractivity contribution in [2.24, 2.45) is 0 Å². The van der Waals surface area contributed by atoms with E-state index in [1.807, 2.05) is 18.2 Å². The van der Waals surface area contributed by atoms with Crippen molar-refractivity contribution >= 4 is 24.8 Å². The van der Waals surface area contributed by atoms with Crippen LogP contribution in [0.15, 0.2) is 78.9 Å². The van der Waals surface area contributed by atoms with Crippen LogP contribution in [0.25, 0.3) is 0 Å². The van der Waals surface area contributed by atoms with E-state index in [1.54, 1.807) is 14.2 Å². The van der Waals surface area contributed by atoms with E-state index in [0.717, 1.165) is 36.7 Å². The molecule has 0 aliphatic carbocycles. The highest BCUT2D eigenvalue weighted by molar-refractivity contribution is 5.85. The number of nitrogens with zero attached hydrogens (tertiary/aromatic N) is 2. The summed E-state index contributed by atoms with van der Waals surface area (Å²) in [6.45, 7) is 4.14. The normalized spacial score (nSPS) is 20.0. The quantitative estimate of drug-likeness (QED) is 0.384. The lowest BCUT2D eigenvalue weighted by molar-refractivity contribution is 0.0377. The Labute approximate surface area is 222 Å². The number of halogens is 2. The third-order valence-electron chi connectivity index (χ3n) is 7.38. The summed E-state index contributed by atoms with van der Waals surface area (Å²) < 4.78 is 11.4. The molecule has 0 spiro atoms. The van der Waals surface area contributed by atoms with Gasteiger partial charge in [0.25, 0.3) is 0 Å². The summed E-state index contributed by atoms with van der Waals surface area (Å²) in [6, 6.07) is 29.2. The van der Waals surface area contributed by atoms with Gasteiger partial charge >= 0.3 is 0 Å². The number of hydrogen-bond acceptors (Lipinski definition) is 4. The van der Waals surface area contributed by atoms with Crippen molar-refractivity contribution < 1.29 is 9.47 Å². The van der Waals surface area contributed by atoms with E-state index in [4.69, 9.17) is 9.47 Å². The zero-order valence-electron chi connectivity index (χ0n) is 20.5. The fraction of sp³-hybridized carbons (Fsp3) is 0.379. The van der Waals surface area contributed by atoms with Crippen LogP contribution >= 0.6 is 24.8 Å². The van der Waals surface area contributed by atoms with E-state index < -0.39 is 0 Å². The standard InChI is InChI=1S/C29H34N2O2.2ClH/c1-32-27-16-9-17-28(33-2)25(27)20-30-19-24-15-10-18-31(24)26(21-30)29(22-11-5-3-6-12-22)23-13-7-4-8-14-23;;/h3-9,11-14,16-17,24,26,29H,10,15,18-21H2,1-2H3;2*1H/t24-,26?;;/m0../s1. The van der Waals surface area contributed by atoms with Gasteiger partial charge in [-0.05, 0) is 42.6 Å².